The van der Waals surface area contributed by atoms with Crippen molar-refractivity contribution < 1.29 is 14.6 Å². The number of azo groups is 1. The molecule has 1 aromatic heterocycles. The van der Waals surface area contributed by atoms with Crippen LogP contribution in [0.25, 0.3) is 10.9 Å². The lowest BCUT2D eigenvalue weighted by molar-refractivity contribution is -0.120. The maximum atomic E-state index is 11.9. The predicted octanol–water partition coefficient (Wildman–Crippen LogP) is 4.18. The van der Waals surface area contributed by atoms with Crippen molar-refractivity contribution in [2.24, 2.45) is 10.2 Å². The van der Waals surface area contributed by atoms with E-state index in [1.807, 2.05) is 44.2 Å². The van der Waals surface area contributed by atoms with Crippen LogP contribution in [0.2, 0.25) is 0 Å². The Labute approximate surface area is 138 Å². The molecule has 6 heteroatoms. The minimum absolute atomic E-state index is 0.122. The summed E-state index contributed by atoms with van der Waals surface area (Å²) in [7, 11) is 0. The van der Waals surface area contributed by atoms with Crippen LogP contribution >= 0.6 is 0 Å². The molecule has 0 aliphatic carbocycles. The highest BCUT2D eigenvalue weighted by Crippen LogP contribution is 2.35. The summed E-state index contributed by atoms with van der Waals surface area (Å²) in [6.45, 7) is 3.71. The number of carbonyl (C=O) groups is 1. The Balaban J connectivity index is 1.70. The molecule has 0 aliphatic heterocycles. The highest BCUT2D eigenvalue weighted by atomic mass is 16.5. The smallest absolute Gasteiger partial charge is 0.302 e. The first-order valence-corrected chi connectivity index (χ1v) is 7.48. The molecular formula is C18H17N3O3. The number of aryl methyl sites for hydroxylation is 2. The number of nitrogens with zero attached hydrogens (tertiary/aromatic N) is 2. The van der Waals surface area contributed by atoms with Gasteiger partial charge in [0.25, 0.3) is 0 Å². The molecule has 0 fully saturated rings. The third-order valence-corrected chi connectivity index (χ3v) is 3.48. The Hall–Kier alpha value is -3.15. The summed E-state index contributed by atoms with van der Waals surface area (Å²) in [6.07, 6.45) is 0. The molecule has 2 aromatic carbocycles. The standard InChI is InChI=1S/C18H17N3O3/c1-11-7-12(2)9-13(8-11)24-10-16(22)20-21-17-14-5-3-4-6-15(14)19-18(17)23/h3-9,19,23H,10H2,1-2H3. The minimum Gasteiger partial charge on any atom is -0.493 e. The lowest BCUT2D eigenvalue weighted by Crippen LogP contribution is -2.08. The minimum atomic E-state index is -0.529. The van der Waals surface area contributed by atoms with Gasteiger partial charge in [0.2, 0.25) is 5.88 Å². The van der Waals surface area contributed by atoms with E-state index in [4.69, 9.17) is 4.74 Å². The largest absolute Gasteiger partial charge is 0.493 e. The average molecular weight is 323 g/mol. The van der Waals surface area contributed by atoms with Gasteiger partial charge in [-0.15, -0.1) is 10.2 Å². The molecule has 122 valence electrons. The van der Waals surface area contributed by atoms with Crippen LogP contribution in [-0.4, -0.2) is 22.6 Å². The third-order valence-electron chi connectivity index (χ3n) is 3.48. The average Bonchev–Trinajstić information content (AvgIpc) is 2.85. The third kappa shape index (κ3) is 3.43. The number of carbonyl (C=O) groups excluding carboxylic acids is 1. The monoisotopic (exact) mass is 323 g/mol. The van der Waals surface area contributed by atoms with Gasteiger partial charge in [-0.25, -0.2) is 0 Å². The number of hydrogen-bond acceptors (Lipinski definition) is 4. The maximum absolute atomic E-state index is 11.9. The number of amides is 1. The fraction of sp³-hybridized carbons (Fsp3) is 0.167. The molecule has 0 saturated heterocycles. The number of benzene rings is 2. The number of fused-ring (bicyclic) bond motifs is 1. The Morgan fingerprint density at radius 1 is 1.17 bits per heavy atom. The van der Waals surface area contributed by atoms with Crippen LogP contribution in [0.1, 0.15) is 11.1 Å². The Kier molecular flexibility index (Phi) is 4.29. The van der Waals surface area contributed by atoms with E-state index in [-0.39, 0.29) is 18.2 Å². The molecule has 2 N–H and O–H groups in total. The Morgan fingerprint density at radius 3 is 2.62 bits per heavy atom. The summed E-state index contributed by atoms with van der Waals surface area (Å²) in [5.41, 5.74) is 3.08. The van der Waals surface area contributed by atoms with Crippen molar-refractivity contribution in [3.8, 4) is 11.6 Å². The number of aromatic amines is 1. The normalized spacial score (nSPS) is 11.2. The molecule has 3 aromatic rings. The van der Waals surface area contributed by atoms with Gasteiger partial charge in [-0.3, -0.25) is 4.79 Å². The molecule has 0 unspecified atom stereocenters. The molecule has 24 heavy (non-hydrogen) atoms. The molecule has 0 bridgehead atoms. The number of aromatic nitrogens is 1. The van der Waals surface area contributed by atoms with Crippen molar-refractivity contribution in [1.82, 2.24) is 4.98 Å². The summed E-state index contributed by atoms with van der Waals surface area (Å²) in [4.78, 5) is 14.6. The van der Waals surface area contributed by atoms with Gasteiger partial charge in [0.15, 0.2) is 12.3 Å². The number of hydrogen-bond donors (Lipinski definition) is 2. The van der Waals surface area contributed by atoms with E-state index in [0.29, 0.717) is 11.1 Å². The molecule has 3 rings (SSSR count). The fourth-order valence-corrected chi connectivity index (χ4v) is 2.51. The highest BCUT2D eigenvalue weighted by Gasteiger charge is 2.10. The van der Waals surface area contributed by atoms with Crippen LogP contribution < -0.4 is 4.74 Å². The van der Waals surface area contributed by atoms with Gasteiger partial charge in [-0.05, 0) is 43.2 Å². The number of aromatic hydroxyl groups is 1. The Bertz CT molecular complexity index is 908. The van der Waals surface area contributed by atoms with Crippen molar-refractivity contribution in [1.29, 1.82) is 0 Å². The number of nitrogens with one attached hydrogen (secondary N) is 1. The van der Waals surface area contributed by atoms with Crippen LogP contribution in [-0.2, 0) is 4.79 Å². The molecular weight excluding hydrogens is 306 g/mol. The van der Waals surface area contributed by atoms with Gasteiger partial charge in [-0.1, -0.05) is 24.3 Å². The lowest BCUT2D eigenvalue weighted by atomic mass is 10.1. The van der Waals surface area contributed by atoms with Crippen molar-refractivity contribution in [3.05, 3.63) is 53.6 Å². The molecule has 6 nitrogen and oxygen atoms in total. The van der Waals surface area contributed by atoms with Crippen molar-refractivity contribution in [3.63, 3.8) is 0 Å². The van der Waals surface area contributed by atoms with E-state index < -0.39 is 5.91 Å². The first-order chi connectivity index (χ1) is 11.5. The van der Waals surface area contributed by atoms with Crippen LogP contribution in [0.3, 0.4) is 0 Å². The first kappa shape index (κ1) is 15.7. The fourth-order valence-electron chi connectivity index (χ4n) is 2.51. The summed E-state index contributed by atoms with van der Waals surface area (Å²) >= 11 is 0. The number of para-hydroxylation sites is 1. The van der Waals surface area contributed by atoms with Gasteiger partial charge in [0, 0.05) is 5.39 Å². The lowest BCUT2D eigenvalue weighted by Gasteiger charge is -2.05. The molecule has 0 saturated carbocycles. The SMILES string of the molecule is Cc1cc(C)cc(OCC(=O)N=Nc2c(O)[nH]c3ccccc23)c1. The zero-order valence-corrected chi connectivity index (χ0v) is 13.4. The molecule has 0 spiro atoms. The number of rotatable bonds is 4. The van der Waals surface area contributed by atoms with Gasteiger partial charge >= 0.3 is 5.91 Å². The second-order valence-electron chi connectivity index (χ2n) is 5.57. The highest BCUT2D eigenvalue weighted by molar-refractivity contribution is 5.94. The van der Waals surface area contributed by atoms with E-state index in [1.54, 1.807) is 12.1 Å². The number of H-pyrrole nitrogens is 1. The van der Waals surface area contributed by atoms with Crippen LogP contribution in [0, 0.1) is 13.8 Å². The van der Waals surface area contributed by atoms with E-state index in [0.717, 1.165) is 16.6 Å². The van der Waals surface area contributed by atoms with E-state index >= 15 is 0 Å². The van der Waals surface area contributed by atoms with E-state index in [2.05, 4.69) is 15.2 Å². The summed E-state index contributed by atoms with van der Waals surface area (Å²) in [5.74, 6) is -0.0344. The molecule has 0 atom stereocenters. The predicted molar refractivity (Wildman–Crippen MR) is 90.9 cm³/mol. The molecule has 1 heterocycles. The first-order valence-electron chi connectivity index (χ1n) is 7.48. The van der Waals surface area contributed by atoms with Crippen molar-refractivity contribution in [2.75, 3.05) is 6.61 Å². The van der Waals surface area contributed by atoms with Crippen LogP contribution in [0.5, 0.6) is 11.6 Å². The van der Waals surface area contributed by atoms with Gasteiger partial charge in [-0.2, -0.15) is 0 Å². The van der Waals surface area contributed by atoms with Crippen LogP contribution in [0.15, 0.2) is 52.7 Å². The number of ether oxygens (including phenoxy) is 1. The second-order valence-corrected chi connectivity index (χ2v) is 5.57. The van der Waals surface area contributed by atoms with Crippen molar-refractivity contribution >= 4 is 22.5 Å². The van der Waals surface area contributed by atoms with Crippen molar-refractivity contribution in [2.45, 2.75) is 13.8 Å². The second kappa shape index (κ2) is 6.54. The zero-order chi connectivity index (χ0) is 17.1. The quantitative estimate of drug-likeness (QED) is 0.706. The molecule has 0 radical (unpaired) electrons. The summed E-state index contributed by atoms with van der Waals surface area (Å²) in [6, 6.07) is 13.0. The topological polar surface area (TPSA) is 87.0 Å². The summed E-state index contributed by atoms with van der Waals surface area (Å²) in [5, 5.41) is 18.0. The van der Waals surface area contributed by atoms with Gasteiger partial charge in [0.1, 0.15) is 5.75 Å². The van der Waals surface area contributed by atoms with Gasteiger partial charge in [0.05, 0.1) is 5.52 Å². The summed E-state index contributed by atoms with van der Waals surface area (Å²) < 4.78 is 5.44. The van der Waals surface area contributed by atoms with Gasteiger partial charge < -0.3 is 14.8 Å². The maximum Gasteiger partial charge on any atom is 0.302 e. The zero-order valence-electron chi connectivity index (χ0n) is 13.4. The van der Waals surface area contributed by atoms with E-state index in [1.165, 1.54) is 0 Å². The van der Waals surface area contributed by atoms with E-state index in [9.17, 15) is 9.90 Å². The molecule has 0 aliphatic rings. The Morgan fingerprint density at radius 2 is 1.88 bits per heavy atom. The van der Waals surface area contributed by atoms with Crippen LogP contribution in [0.4, 0.5) is 5.69 Å². The molecule has 1 amide bonds.